The molecule has 0 saturated carbocycles. The monoisotopic (exact) mass is 269 g/mol. The highest BCUT2D eigenvalue weighted by Gasteiger charge is 2.18. The molecule has 2 nitrogen and oxygen atoms in total. The standard InChI is InChI=1S/C18H23NO/c1-15(16(2)20)19(13-17-9-5-3-6-10-17)14-18-11-7-4-8-12-18/h3-12,15-16,20H,13-14H2,1-2H3. The van der Waals surface area contributed by atoms with Gasteiger partial charge in [0.05, 0.1) is 6.10 Å². The number of benzene rings is 2. The molecule has 106 valence electrons. The quantitative estimate of drug-likeness (QED) is 0.868. The molecule has 0 fully saturated rings. The van der Waals surface area contributed by atoms with Crippen LogP contribution >= 0.6 is 0 Å². The van der Waals surface area contributed by atoms with E-state index in [0.717, 1.165) is 13.1 Å². The third-order valence-electron chi connectivity index (χ3n) is 3.73. The Bertz CT molecular complexity index is 454. The summed E-state index contributed by atoms with van der Waals surface area (Å²) >= 11 is 0. The maximum Gasteiger partial charge on any atom is 0.0664 e. The molecule has 0 spiro atoms. The van der Waals surface area contributed by atoms with Gasteiger partial charge in [0.25, 0.3) is 0 Å². The predicted molar refractivity (Wildman–Crippen MR) is 83.3 cm³/mol. The van der Waals surface area contributed by atoms with Gasteiger partial charge in [0.1, 0.15) is 0 Å². The molecule has 2 heteroatoms. The summed E-state index contributed by atoms with van der Waals surface area (Å²) in [5, 5.41) is 9.91. The van der Waals surface area contributed by atoms with Crippen molar-refractivity contribution in [2.45, 2.75) is 39.1 Å². The van der Waals surface area contributed by atoms with Crippen molar-refractivity contribution in [2.75, 3.05) is 0 Å². The van der Waals surface area contributed by atoms with Crippen LogP contribution in [0.1, 0.15) is 25.0 Å². The van der Waals surface area contributed by atoms with E-state index in [4.69, 9.17) is 0 Å². The van der Waals surface area contributed by atoms with Crippen molar-refractivity contribution in [3.05, 3.63) is 71.8 Å². The fourth-order valence-corrected chi connectivity index (χ4v) is 2.28. The van der Waals surface area contributed by atoms with E-state index in [1.54, 1.807) is 0 Å². The first-order chi connectivity index (χ1) is 9.66. The Morgan fingerprint density at radius 3 is 1.55 bits per heavy atom. The highest BCUT2D eigenvalue weighted by molar-refractivity contribution is 5.17. The second-order valence-electron chi connectivity index (χ2n) is 5.36. The molecule has 0 saturated heterocycles. The third-order valence-corrected chi connectivity index (χ3v) is 3.73. The maximum atomic E-state index is 9.91. The molecule has 0 aliphatic heterocycles. The second-order valence-corrected chi connectivity index (χ2v) is 5.36. The van der Waals surface area contributed by atoms with E-state index in [9.17, 15) is 5.11 Å². The van der Waals surface area contributed by atoms with Crippen LogP contribution in [0.25, 0.3) is 0 Å². The van der Waals surface area contributed by atoms with Gasteiger partial charge in [-0.05, 0) is 25.0 Å². The van der Waals surface area contributed by atoms with Gasteiger partial charge in [-0.25, -0.2) is 0 Å². The van der Waals surface area contributed by atoms with E-state index in [-0.39, 0.29) is 12.1 Å². The first kappa shape index (κ1) is 14.8. The van der Waals surface area contributed by atoms with Crippen LogP contribution in [-0.4, -0.2) is 22.2 Å². The lowest BCUT2D eigenvalue weighted by molar-refractivity contribution is 0.0610. The molecule has 0 amide bonds. The summed E-state index contributed by atoms with van der Waals surface area (Å²) in [6.07, 6.45) is -0.345. The Balaban J connectivity index is 2.12. The van der Waals surface area contributed by atoms with Gasteiger partial charge in [0.2, 0.25) is 0 Å². The second kappa shape index (κ2) is 7.22. The zero-order valence-electron chi connectivity index (χ0n) is 12.2. The van der Waals surface area contributed by atoms with E-state index in [1.165, 1.54) is 11.1 Å². The number of nitrogens with zero attached hydrogens (tertiary/aromatic N) is 1. The SMILES string of the molecule is CC(O)C(C)N(Cc1ccccc1)Cc1ccccc1. The van der Waals surface area contributed by atoms with Gasteiger partial charge in [-0.3, -0.25) is 4.90 Å². The van der Waals surface area contributed by atoms with Crippen LogP contribution in [0.4, 0.5) is 0 Å². The summed E-state index contributed by atoms with van der Waals surface area (Å²) in [6.45, 7) is 5.63. The Hall–Kier alpha value is -1.64. The van der Waals surface area contributed by atoms with Crippen LogP contribution in [0.15, 0.2) is 60.7 Å². The van der Waals surface area contributed by atoms with E-state index in [1.807, 2.05) is 19.1 Å². The zero-order valence-corrected chi connectivity index (χ0v) is 12.2. The van der Waals surface area contributed by atoms with Crippen LogP contribution in [0, 0.1) is 0 Å². The highest BCUT2D eigenvalue weighted by Crippen LogP contribution is 2.15. The van der Waals surface area contributed by atoms with Gasteiger partial charge >= 0.3 is 0 Å². The van der Waals surface area contributed by atoms with E-state index in [2.05, 4.69) is 60.4 Å². The lowest BCUT2D eigenvalue weighted by Gasteiger charge is -2.31. The minimum Gasteiger partial charge on any atom is -0.392 e. The molecule has 0 heterocycles. The molecule has 0 bridgehead atoms. The van der Waals surface area contributed by atoms with Gasteiger partial charge in [0.15, 0.2) is 0 Å². The zero-order chi connectivity index (χ0) is 14.4. The molecule has 2 aromatic carbocycles. The number of hydrogen-bond donors (Lipinski definition) is 1. The minimum atomic E-state index is -0.345. The molecule has 2 aromatic rings. The molecule has 0 radical (unpaired) electrons. The van der Waals surface area contributed by atoms with Crippen molar-refractivity contribution in [3.8, 4) is 0 Å². The van der Waals surface area contributed by atoms with Crippen molar-refractivity contribution < 1.29 is 5.11 Å². The largest absolute Gasteiger partial charge is 0.392 e. The predicted octanol–water partition coefficient (Wildman–Crippen LogP) is 3.46. The average Bonchev–Trinajstić information content (AvgIpc) is 2.48. The fraction of sp³-hybridized carbons (Fsp3) is 0.333. The molecular formula is C18H23NO. The van der Waals surface area contributed by atoms with Gasteiger partial charge in [-0.15, -0.1) is 0 Å². The summed E-state index contributed by atoms with van der Waals surface area (Å²) in [5.41, 5.74) is 2.55. The van der Waals surface area contributed by atoms with E-state index >= 15 is 0 Å². The molecule has 0 aromatic heterocycles. The molecule has 2 rings (SSSR count). The van der Waals surface area contributed by atoms with Gasteiger partial charge in [0, 0.05) is 19.1 Å². The number of rotatable bonds is 6. The minimum absolute atomic E-state index is 0.121. The van der Waals surface area contributed by atoms with Crippen LogP contribution in [0.2, 0.25) is 0 Å². The number of aliphatic hydroxyl groups is 1. The topological polar surface area (TPSA) is 23.5 Å². The van der Waals surface area contributed by atoms with Crippen molar-refractivity contribution in [1.29, 1.82) is 0 Å². The average molecular weight is 269 g/mol. The lowest BCUT2D eigenvalue weighted by Crippen LogP contribution is -2.39. The Labute approximate surface area is 121 Å². The molecule has 20 heavy (non-hydrogen) atoms. The number of aliphatic hydroxyl groups excluding tert-OH is 1. The number of hydrogen-bond acceptors (Lipinski definition) is 2. The lowest BCUT2D eigenvalue weighted by atomic mass is 10.1. The van der Waals surface area contributed by atoms with Crippen molar-refractivity contribution in [2.24, 2.45) is 0 Å². The first-order valence-electron chi connectivity index (χ1n) is 7.17. The molecule has 0 aliphatic carbocycles. The van der Waals surface area contributed by atoms with E-state index < -0.39 is 0 Å². The smallest absolute Gasteiger partial charge is 0.0664 e. The van der Waals surface area contributed by atoms with Crippen molar-refractivity contribution >= 4 is 0 Å². The van der Waals surface area contributed by atoms with Crippen molar-refractivity contribution in [3.63, 3.8) is 0 Å². The Kier molecular flexibility index (Phi) is 5.33. The summed E-state index contributed by atoms with van der Waals surface area (Å²) in [7, 11) is 0. The maximum absolute atomic E-state index is 9.91. The molecular weight excluding hydrogens is 246 g/mol. The molecule has 2 unspecified atom stereocenters. The van der Waals surface area contributed by atoms with Gasteiger partial charge in [-0.2, -0.15) is 0 Å². The highest BCUT2D eigenvalue weighted by atomic mass is 16.3. The summed E-state index contributed by atoms with van der Waals surface area (Å²) in [5.74, 6) is 0. The van der Waals surface area contributed by atoms with Gasteiger partial charge in [-0.1, -0.05) is 60.7 Å². The van der Waals surface area contributed by atoms with Crippen LogP contribution < -0.4 is 0 Å². The summed E-state index contributed by atoms with van der Waals surface area (Å²) in [6, 6.07) is 20.9. The van der Waals surface area contributed by atoms with Crippen LogP contribution in [0.3, 0.4) is 0 Å². The van der Waals surface area contributed by atoms with Crippen LogP contribution in [-0.2, 0) is 13.1 Å². The molecule has 2 atom stereocenters. The van der Waals surface area contributed by atoms with Gasteiger partial charge < -0.3 is 5.11 Å². The normalized spacial score (nSPS) is 14.2. The third kappa shape index (κ3) is 4.19. The van der Waals surface area contributed by atoms with Crippen LogP contribution in [0.5, 0.6) is 0 Å². The molecule has 1 N–H and O–H groups in total. The summed E-state index contributed by atoms with van der Waals surface area (Å²) < 4.78 is 0. The molecule has 0 aliphatic rings. The summed E-state index contributed by atoms with van der Waals surface area (Å²) in [4.78, 5) is 2.31. The fourth-order valence-electron chi connectivity index (χ4n) is 2.28. The Morgan fingerprint density at radius 1 is 0.800 bits per heavy atom. The Morgan fingerprint density at radius 2 is 1.20 bits per heavy atom. The van der Waals surface area contributed by atoms with E-state index in [0.29, 0.717) is 0 Å². The first-order valence-corrected chi connectivity index (χ1v) is 7.17. The van der Waals surface area contributed by atoms with Crippen molar-refractivity contribution in [1.82, 2.24) is 4.90 Å².